The molecule has 2 fully saturated rings. The monoisotopic (exact) mass is 315 g/mol. The smallest absolute Gasteiger partial charge is 0.236 e. The zero-order valence-corrected chi connectivity index (χ0v) is 13.5. The molecule has 2 aliphatic rings. The van der Waals surface area contributed by atoms with Gasteiger partial charge in [0.25, 0.3) is 0 Å². The summed E-state index contributed by atoms with van der Waals surface area (Å²) in [4.78, 5) is 28.8. The standard InChI is InChI=1S/C18H25N3O2/c22-17(21-11-4-5-12-21)14-20-10-6-7-15(13-20)18(23)19-16-8-2-1-3-9-16/h1-3,8-9,15H,4-7,10-14H2,(H,19,23). The van der Waals surface area contributed by atoms with Crippen LogP contribution in [-0.2, 0) is 9.59 Å². The number of piperidine rings is 1. The van der Waals surface area contributed by atoms with Crippen LogP contribution in [0, 0.1) is 5.92 Å². The summed E-state index contributed by atoms with van der Waals surface area (Å²) >= 11 is 0. The molecule has 0 aromatic heterocycles. The second kappa shape index (κ2) is 7.59. The van der Waals surface area contributed by atoms with Gasteiger partial charge in [0.1, 0.15) is 0 Å². The Morgan fingerprint density at radius 1 is 1.04 bits per heavy atom. The first kappa shape index (κ1) is 16.0. The Kier molecular flexibility index (Phi) is 5.28. The Labute approximate surface area is 137 Å². The Hall–Kier alpha value is -1.88. The summed E-state index contributed by atoms with van der Waals surface area (Å²) in [6, 6.07) is 9.56. The summed E-state index contributed by atoms with van der Waals surface area (Å²) < 4.78 is 0. The second-order valence-corrected chi connectivity index (χ2v) is 6.52. The molecule has 0 aliphatic carbocycles. The summed E-state index contributed by atoms with van der Waals surface area (Å²) in [6.45, 7) is 3.83. The van der Waals surface area contributed by atoms with E-state index in [9.17, 15) is 9.59 Å². The third-order valence-electron chi connectivity index (χ3n) is 4.74. The molecule has 1 aromatic carbocycles. The van der Waals surface area contributed by atoms with Crippen LogP contribution in [0.1, 0.15) is 25.7 Å². The first-order valence-corrected chi connectivity index (χ1v) is 8.58. The van der Waals surface area contributed by atoms with Gasteiger partial charge in [0.15, 0.2) is 0 Å². The molecule has 5 nitrogen and oxygen atoms in total. The molecule has 1 unspecified atom stereocenters. The predicted octanol–water partition coefficient (Wildman–Crippen LogP) is 1.96. The van der Waals surface area contributed by atoms with Crippen molar-refractivity contribution >= 4 is 17.5 Å². The third kappa shape index (κ3) is 4.32. The van der Waals surface area contributed by atoms with E-state index in [0.717, 1.165) is 51.0 Å². The van der Waals surface area contributed by atoms with E-state index in [1.807, 2.05) is 35.2 Å². The molecule has 2 amide bonds. The van der Waals surface area contributed by atoms with E-state index in [2.05, 4.69) is 10.2 Å². The normalized spacial score (nSPS) is 22.1. The molecule has 0 spiro atoms. The molecular weight excluding hydrogens is 290 g/mol. The number of carbonyl (C=O) groups is 2. The number of hydrogen-bond donors (Lipinski definition) is 1. The number of benzene rings is 1. The van der Waals surface area contributed by atoms with Crippen molar-refractivity contribution in [2.45, 2.75) is 25.7 Å². The van der Waals surface area contributed by atoms with Crippen LogP contribution in [0.2, 0.25) is 0 Å². The van der Waals surface area contributed by atoms with Crippen LogP contribution in [0.5, 0.6) is 0 Å². The number of para-hydroxylation sites is 1. The average molecular weight is 315 g/mol. The maximum atomic E-state index is 12.4. The van der Waals surface area contributed by atoms with Crippen molar-refractivity contribution in [3.05, 3.63) is 30.3 Å². The van der Waals surface area contributed by atoms with Crippen molar-refractivity contribution in [3.63, 3.8) is 0 Å². The molecule has 5 heteroatoms. The van der Waals surface area contributed by atoms with Gasteiger partial charge >= 0.3 is 0 Å². The molecular formula is C18H25N3O2. The number of anilines is 1. The van der Waals surface area contributed by atoms with Gasteiger partial charge in [-0.1, -0.05) is 18.2 Å². The highest BCUT2D eigenvalue weighted by molar-refractivity contribution is 5.92. The maximum absolute atomic E-state index is 12.4. The molecule has 1 atom stereocenters. The SMILES string of the molecule is O=C(Nc1ccccc1)C1CCCN(CC(=O)N2CCCC2)C1. The van der Waals surface area contributed by atoms with E-state index < -0.39 is 0 Å². The van der Waals surface area contributed by atoms with E-state index in [1.54, 1.807) is 0 Å². The van der Waals surface area contributed by atoms with Crippen LogP contribution in [-0.4, -0.2) is 54.3 Å². The minimum Gasteiger partial charge on any atom is -0.342 e. The van der Waals surface area contributed by atoms with Crippen LogP contribution < -0.4 is 5.32 Å². The number of nitrogens with one attached hydrogen (secondary N) is 1. The minimum absolute atomic E-state index is 0.0321. The fourth-order valence-corrected chi connectivity index (χ4v) is 3.44. The highest BCUT2D eigenvalue weighted by atomic mass is 16.2. The van der Waals surface area contributed by atoms with E-state index >= 15 is 0 Å². The first-order chi connectivity index (χ1) is 11.2. The van der Waals surface area contributed by atoms with Gasteiger partial charge in [0.2, 0.25) is 11.8 Å². The zero-order chi connectivity index (χ0) is 16.1. The molecule has 2 heterocycles. The predicted molar refractivity (Wildman–Crippen MR) is 90.0 cm³/mol. The van der Waals surface area contributed by atoms with E-state index in [4.69, 9.17) is 0 Å². The number of nitrogens with zero attached hydrogens (tertiary/aromatic N) is 2. The van der Waals surface area contributed by atoms with E-state index in [0.29, 0.717) is 13.1 Å². The van der Waals surface area contributed by atoms with Crippen LogP contribution in [0.25, 0.3) is 0 Å². The topological polar surface area (TPSA) is 52.7 Å². The lowest BCUT2D eigenvalue weighted by molar-refractivity contribution is -0.133. The van der Waals surface area contributed by atoms with Crippen molar-refractivity contribution in [3.8, 4) is 0 Å². The summed E-state index contributed by atoms with van der Waals surface area (Å²) in [5.41, 5.74) is 0.836. The number of amides is 2. The highest BCUT2D eigenvalue weighted by Crippen LogP contribution is 2.19. The van der Waals surface area contributed by atoms with Crippen LogP contribution >= 0.6 is 0 Å². The molecule has 0 bridgehead atoms. The molecule has 2 aliphatic heterocycles. The van der Waals surface area contributed by atoms with Crippen molar-refractivity contribution < 1.29 is 9.59 Å². The average Bonchev–Trinajstić information content (AvgIpc) is 3.11. The van der Waals surface area contributed by atoms with E-state index in [-0.39, 0.29) is 17.7 Å². The zero-order valence-electron chi connectivity index (χ0n) is 13.5. The van der Waals surface area contributed by atoms with Gasteiger partial charge in [-0.15, -0.1) is 0 Å². The van der Waals surface area contributed by atoms with Crippen LogP contribution in [0.3, 0.4) is 0 Å². The Morgan fingerprint density at radius 2 is 1.78 bits per heavy atom. The van der Waals surface area contributed by atoms with Gasteiger partial charge in [-0.05, 0) is 44.4 Å². The van der Waals surface area contributed by atoms with E-state index in [1.165, 1.54) is 0 Å². The Bertz CT molecular complexity index is 540. The van der Waals surface area contributed by atoms with Gasteiger partial charge < -0.3 is 10.2 Å². The lowest BCUT2D eigenvalue weighted by Gasteiger charge is -2.32. The number of carbonyl (C=O) groups excluding carboxylic acids is 2. The van der Waals surface area contributed by atoms with Crippen LogP contribution in [0.15, 0.2) is 30.3 Å². The summed E-state index contributed by atoms with van der Waals surface area (Å²) in [5, 5.41) is 2.98. The molecule has 124 valence electrons. The number of likely N-dealkylation sites (tertiary alicyclic amines) is 2. The fraction of sp³-hybridized carbons (Fsp3) is 0.556. The van der Waals surface area contributed by atoms with Gasteiger partial charge in [-0.25, -0.2) is 0 Å². The van der Waals surface area contributed by atoms with Crippen molar-refractivity contribution in [2.75, 3.05) is 38.0 Å². The number of hydrogen-bond acceptors (Lipinski definition) is 3. The molecule has 0 saturated carbocycles. The molecule has 0 radical (unpaired) electrons. The maximum Gasteiger partial charge on any atom is 0.236 e. The largest absolute Gasteiger partial charge is 0.342 e. The van der Waals surface area contributed by atoms with Crippen molar-refractivity contribution in [1.29, 1.82) is 0 Å². The quantitative estimate of drug-likeness (QED) is 0.924. The van der Waals surface area contributed by atoms with Gasteiger partial charge in [-0.2, -0.15) is 0 Å². The van der Waals surface area contributed by atoms with Gasteiger partial charge in [0, 0.05) is 25.3 Å². The lowest BCUT2D eigenvalue weighted by Crippen LogP contribution is -2.45. The summed E-state index contributed by atoms with van der Waals surface area (Å²) in [5.74, 6) is 0.247. The number of rotatable bonds is 4. The molecule has 1 aromatic rings. The minimum atomic E-state index is -0.0321. The van der Waals surface area contributed by atoms with Gasteiger partial charge in [-0.3, -0.25) is 14.5 Å². The Morgan fingerprint density at radius 3 is 2.52 bits per heavy atom. The lowest BCUT2D eigenvalue weighted by atomic mass is 9.97. The molecule has 1 N–H and O–H groups in total. The van der Waals surface area contributed by atoms with Crippen molar-refractivity contribution in [2.24, 2.45) is 5.92 Å². The Balaban J connectivity index is 1.51. The summed E-state index contributed by atoms with van der Waals surface area (Å²) in [7, 11) is 0. The summed E-state index contributed by atoms with van der Waals surface area (Å²) in [6.07, 6.45) is 4.11. The van der Waals surface area contributed by atoms with Gasteiger partial charge in [0.05, 0.1) is 12.5 Å². The first-order valence-electron chi connectivity index (χ1n) is 8.58. The van der Waals surface area contributed by atoms with Crippen molar-refractivity contribution in [1.82, 2.24) is 9.80 Å². The van der Waals surface area contributed by atoms with Crippen LogP contribution in [0.4, 0.5) is 5.69 Å². The third-order valence-corrected chi connectivity index (χ3v) is 4.74. The highest BCUT2D eigenvalue weighted by Gasteiger charge is 2.28. The molecule has 3 rings (SSSR count). The molecule has 23 heavy (non-hydrogen) atoms. The fourth-order valence-electron chi connectivity index (χ4n) is 3.44. The molecule has 2 saturated heterocycles. The second-order valence-electron chi connectivity index (χ2n) is 6.52.